The molecular weight excluding hydrogens is 198 g/mol. The smallest absolute Gasteiger partial charge is 0.156 e. The van der Waals surface area contributed by atoms with Crippen LogP contribution in [0.5, 0.6) is 0 Å². The maximum atomic E-state index is 11.8. The van der Waals surface area contributed by atoms with Gasteiger partial charge in [0.1, 0.15) is 0 Å². The van der Waals surface area contributed by atoms with Crippen molar-refractivity contribution in [3.05, 3.63) is 12.7 Å². The molecule has 0 aliphatic rings. The lowest BCUT2D eigenvalue weighted by Gasteiger charge is -2.17. The highest BCUT2D eigenvalue weighted by molar-refractivity contribution is 7.92. The summed E-state index contributed by atoms with van der Waals surface area (Å²) in [5.74, 6) is 0. The fourth-order valence-corrected chi connectivity index (χ4v) is 2.74. The first kappa shape index (κ1) is 13.7. The molecule has 2 unspecified atom stereocenters. The molecule has 2 atom stereocenters. The molecule has 0 spiro atoms. The van der Waals surface area contributed by atoms with Gasteiger partial charge in [0.05, 0.1) is 10.5 Å². The van der Waals surface area contributed by atoms with Crippen molar-refractivity contribution >= 4 is 9.84 Å². The third-order valence-corrected chi connectivity index (χ3v) is 5.16. The average Bonchev–Trinajstić information content (AvgIpc) is 2.16. The maximum Gasteiger partial charge on any atom is 0.156 e. The minimum Gasteiger partial charge on any atom is -0.312 e. The first-order chi connectivity index (χ1) is 6.46. The Morgan fingerprint density at radius 1 is 1.36 bits per heavy atom. The standard InChI is InChI=1S/C10H21NO2S/c1-5-7-11-8-10(4)14(12,13)9(3)6-2/h5,9-11H,1,6-8H2,2-4H3. The van der Waals surface area contributed by atoms with Gasteiger partial charge in [0.15, 0.2) is 9.84 Å². The van der Waals surface area contributed by atoms with Crippen molar-refractivity contribution < 1.29 is 8.42 Å². The zero-order valence-electron chi connectivity index (χ0n) is 9.29. The topological polar surface area (TPSA) is 46.2 Å². The molecule has 0 bridgehead atoms. The summed E-state index contributed by atoms with van der Waals surface area (Å²) < 4.78 is 23.6. The monoisotopic (exact) mass is 219 g/mol. The van der Waals surface area contributed by atoms with E-state index in [1.165, 1.54) is 0 Å². The Kier molecular flexibility index (Phi) is 6.04. The Hall–Kier alpha value is -0.350. The van der Waals surface area contributed by atoms with Gasteiger partial charge in [-0.3, -0.25) is 0 Å². The Morgan fingerprint density at radius 3 is 2.36 bits per heavy atom. The number of rotatable bonds is 7. The van der Waals surface area contributed by atoms with E-state index in [2.05, 4.69) is 11.9 Å². The molecule has 0 rings (SSSR count). The van der Waals surface area contributed by atoms with Gasteiger partial charge < -0.3 is 5.32 Å². The molecule has 3 nitrogen and oxygen atoms in total. The summed E-state index contributed by atoms with van der Waals surface area (Å²) in [5.41, 5.74) is 0. The van der Waals surface area contributed by atoms with E-state index >= 15 is 0 Å². The highest BCUT2D eigenvalue weighted by Crippen LogP contribution is 2.11. The van der Waals surface area contributed by atoms with E-state index in [9.17, 15) is 8.42 Å². The SMILES string of the molecule is C=CCNCC(C)S(=O)(=O)C(C)CC. The van der Waals surface area contributed by atoms with Gasteiger partial charge in [-0.05, 0) is 20.3 Å². The predicted molar refractivity (Wildman–Crippen MR) is 61.2 cm³/mol. The molecule has 0 radical (unpaired) electrons. The van der Waals surface area contributed by atoms with Crippen molar-refractivity contribution in [2.24, 2.45) is 0 Å². The third kappa shape index (κ3) is 3.80. The summed E-state index contributed by atoms with van der Waals surface area (Å²) in [6.45, 7) is 10.1. The molecule has 0 amide bonds. The quantitative estimate of drug-likeness (QED) is 0.519. The van der Waals surface area contributed by atoms with Crippen LogP contribution in [0.4, 0.5) is 0 Å². The lowest BCUT2D eigenvalue weighted by molar-refractivity contribution is 0.561. The van der Waals surface area contributed by atoms with Crippen LogP contribution in [0.25, 0.3) is 0 Å². The highest BCUT2D eigenvalue weighted by Gasteiger charge is 2.25. The van der Waals surface area contributed by atoms with Gasteiger partial charge in [0, 0.05) is 13.1 Å². The van der Waals surface area contributed by atoms with Crippen molar-refractivity contribution in [3.63, 3.8) is 0 Å². The second-order valence-electron chi connectivity index (χ2n) is 3.57. The van der Waals surface area contributed by atoms with E-state index in [-0.39, 0.29) is 10.5 Å². The molecular formula is C10H21NO2S. The predicted octanol–water partition coefficient (Wildman–Crippen LogP) is 1.36. The normalized spacial score (nSPS) is 16.2. The number of hydrogen-bond donors (Lipinski definition) is 1. The van der Waals surface area contributed by atoms with E-state index in [0.29, 0.717) is 19.5 Å². The average molecular weight is 219 g/mol. The van der Waals surface area contributed by atoms with Gasteiger partial charge in [-0.15, -0.1) is 6.58 Å². The second kappa shape index (κ2) is 6.19. The van der Waals surface area contributed by atoms with Crippen LogP contribution >= 0.6 is 0 Å². The summed E-state index contributed by atoms with van der Waals surface area (Å²) >= 11 is 0. The first-order valence-electron chi connectivity index (χ1n) is 5.01. The van der Waals surface area contributed by atoms with Crippen LogP contribution in [0, 0.1) is 0 Å². The van der Waals surface area contributed by atoms with Crippen LogP contribution in [0.1, 0.15) is 27.2 Å². The van der Waals surface area contributed by atoms with Gasteiger partial charge >= 0.3 is 0 Å². The van der Waals surface area contributed by atoms with Gasteiger partial charge in [-0.1, -0.05) is 13.0 Å². The Labute approximate surface area is 87.5 Å². The van der Waals surface area contributed by atoms with Gasteiger partial charge in [-0.2, -0.15) is 0 Å². The highest BCUT2D eigenvalue weighted by atomic mass is 32.2. The molecule has 0 aliphatic carbocycles. The zero-order valence-corrected chi connectivity index (χ0v) is 10.1. The molecule has 1 N–H and O–H groups in total. The molecule has 0 saturated carbocycles. The Balaban J connectivity index is 4.21. The lowest BCUT2D eigenvalue weighted by Crippen LogP contribution is -2.36. The molecule has 0 aromatic heterocycles. The van der Waals surface area contributed by atoms with Gasteiger partial charge in [0.2, 0.25) is 0 Å². The van der Waals surface area contributed by atoms with E-state index in [4.69, 9.17) is 0 Å². The molecule has 0 fully saturated rings. The molecule has 0 aromatic carbocycles. The van der Waals surface area contributed by atoms with E-state index in [0.717, 1.165) is 0 Å². The fraction of sp³-hybridized carbons (Fsp3) is 0.800. The van der Waals surface area contributed by atoms with Crippen molar-refractivity contribution in [3.8, 4) is 0 Å². The first-order valence-corrected chi connectivity index (χ1v) is 6.62. The molecule has 0 aromatic rings. The molecule has 0 aliphatic heterocycles. The summed E-state index contributed by atoms with van der Waals surface area (Å²) in [6.07, 6.45) is 2.40. The fourth-order valence-electron chi connectivity index (χ4n) is 1.13. The summed E-state index contributed by atoms with van der Waals surface area (Å²) in [5, 5.41) is 2.45. The number of nitrogens with one attached hydrogen (secondary N) is 1. The molecule has 4 heteroatoms. The summed E-state index contributed by atoms with van der Waals surface area (Å²) in [7, 11) is -2.97. The van der Waals surface area contributed by atoms with Crippen LogP contribution in [0.15, 0.2) is 12.7 Å². The van der Waals surface area contributed by atoms with Crippen LogP contribution in [-0.2, 0) is 9.84 Å². The molecule has 14 heavy (non-hydrogen) atoms. The number of sulfone groups is 1. The van der Waals surface area contributed by atoms with Gasteiger partial charge in [0.25, 0.3) is 0 Å². The van der Waals surface area contributed by atoms with Crippen LogP contribution in [0.3, 0.4) is 0 Å². The van der Waals surface area contributed by atoms with Crippen LogP contribution in [0.2, 0.25) is 0 Å². The molecule has 0 heterocycles. The Bertz CT molecular complexity index is 259. The van der Waals surface area contributed by atoms with Gasteiger partial charge in [-0.25, -0.2) is 8.42 Å². The Morgan fingerprint density at radius 2 is 1.93 bits per heavy atom. The van der Waals surface area contributed by atoms with Crippen LogP contribution in [-0.4, -0.2) is 32.0 Å². The largest absolute Gasteiger partial charge is 0.312 e. The number of hydrogen-bond acceptors (Lipinski definition) is 3. The van der Waals surface area contributed by atoms with Crippen molar-refractivity contribution in [1.82, 2.24) is 5.32 Å². The second-order valence-corrected chi connectivity index (χ2v) is 6.35. The van der Waals surface area contributed by atoms with Crippen molar-refractivity contribution in [2.45, 2.75) is 37.7 Å². The third-order valence-electron chi connectivity index (χ3n) is 2.42. The van der Waals surface area contributed by atoms with E-state index in [1.54, 1.807) is 19.9 Å². The minimum absolute atomic E-state index is 0.247. The maximum absolute atomic E-state index is 11.8. The van der Waals surface area contributed by atoms with Crippen molar-refractivity contribution in [1.29, 1.82) is 0 Å². The summed E-state index contributed by atoms with van der Waals surface area (Å²) in [4.78, 5) is 0. The molecule has 84 valence electrons. The van der Waals surface area contributed by atoms with Crippen LogP contribution < -0.4 is 5.32 Å². The molecule has 0 saturated heterocycles. The lowest BCUT2D eigenvalue weighted by atomic mass is 10.4. The summed E-state index contributed by atoms with van der Waals surface area (Å²) in [6, 6.07) is 0. The van der Waals surface area contributed by atoms with E-state index < -0.39 is 9.84 Å². The van der Waals surface area contributed by atoms with Crippen molar-refractivity contribution in [2.75, 3.05) is 13.1 Å². The minimum atomic E-state index is -2.97. The van der Waals surface area contributed by atoms with E-state index in [1.807, 2.05) is 6.92 Å². The zero-order chi connectivity index (χ0) is 11.2.